The highest BCUT2D eigenvalue weighted by atomic mass is 16.4. The normalized spacial score (nSPS) is 23.2. The number of amides is 2. The van der Waals surface area contributed by atoms with Crippen LogP contribution >= 0.6 is 0 Å². The zero-order valence-corrected chi connectivity index (χ0v) is 13.0. The second-order valence-corrected chi connectivity index (χ2v) is 6.50. The minimum Gasteiger partial charge on any atom is -0.481 e. The molecule has 2 rings (SSSR count). The van der Waals surface area contributed by atoms with E-state index in [1.807, 2.05) is 6.92 Å². The molecule has 0 aliphatic carbocycles. The molecule has 6 nitrogen and oxygen atoms in total. The van der Waals surface area contributed by atoms with Crippen molar-refractivity contribution in [3.8, 4) is 0 Å². The van der Waals surface area contributed by atoms with Crippen LogP contribution in [0.4, 0.5) is 4.79 Å². The van der Waals surface area contributed by atoms with Crippen molar-refractivity contribution in [2.24, 2.45) is 11.8 Å². The third-order valence-electron chi connectivity index (χ3n) is 4.64. The number of carboxylic acids is 1. The molecule has 2 fully saturated rings. The number of piperidine rings is 1. The van der Waals surface area contributed by atoms with Crippen LogP contribution < -0.4 is 5.32 Å². The lowest BCUT2D eigenvalue weighted by molar-refractivity contribution is -0.144. The van der Waals surface area contributed by atoms with Crippen molar-refractivity contribution in [2.45, 2.75) is 39.2 Å². The summed E-state index contributed by atoms with van der Waals surface area (Å²) in [5.41, 5.74) is 0. The fourth-order valence-electron chi connectivity index (χ4n) is 3.07. The highest BCUT2D eigenvalue weighted by molar-refractivity contribution is 5.76. The van der Waals surface area contributed by atoms with Crippen LogP contribution in [0.2, 0.25) is 0 Å². The Morgan fingerprint density at radius 2 is 1.81 bits per heavy atom. The predicted molar refractivity (Wildman–Crippen MR) is 80.1 cm³/mol. The number of hydrogen-bond donors (Lipinski definition) is 2. The number of nitrogens with one attached hydrogen (secondary N) is 1. The van der Waals surface area contributed by atoms with Crippen molar-refractivity contribution in [2.75, 3.05) is 32.7 Å². The van der Waals surface area contributed by atoms with Crippen LogP contribution in [0.15, 0.2) is 0 Å². The third kappa shape index (κ3) is 4.33. The fraction of sp³-hybridized carbons (Fsp3) is 0.867. The summed E-state index contributed by atoms with van der Waals surface area (Å²) >= 11 is 0. The molecule has 6 heteroatoms. The Kier molecular flexibility index (Phi) is 5.45. The molecule has 0 spiro atoms. The summed E-state index contributed by atoms with van der Waals surface area (Å²) < 4.78 is 0. The predicted octanol–water partition coefficient (Wildman–Crippen LogP) is 1.22. The van der Waals surface area contributed by atoms with E-state index in [1.54, 1.807) is 11.8 Å². The van der Waals surface area contributed by atoms with Gasteiger partial charge in [-0.3, -0.25) is 4.79 Å². The van der Waals surface area contributed by atoms with E-state index in [4.69, 9.17) is 5.11 Å². The molecule has 21 heavy (non-hydrogen) atoms. The van der Waals surface area contributed by atoms with Crippen LogP contribution in [-0.4, -0.2) is 65.7 Å². The third-order valence-corrected chi connectivity index (χ3v) is 4.64. The van der Waals surface area contributed by atoms with Crippen molar-refractivity contribution in [3.63, 3.8) is 0 Å². The molecular weight excluding hydrogens is 270 g/mol. The molecule has 2 N–H and O–H groups in total. The summed E-state index contributed by atoms with van der Waals surface area (Å²) in [6.07, 6.45) is 3.82. The summed E-state index contributed by atoms with van der Waals surface area (Å²) in [4.78, 5) is 27.1. The Labute approximate surface area is 126 Å². The van der Waals surface area contributed by atoms with Crippen LogP contribution in [0.5, 0.6) is 0 Å². The van der Waals surface area contributed by atoms with Crippen LogP contribution in [0.25, 0.3) is 0 Å². The lowest BCUT2D eigenvalue weighted by Crippen LogP contribution is -2.58. The SMILES string of the molecule is CC(CN1CCCCC1)NC(=O)N1CC(C(C)C(=O)O)C1. The first-order valence-corrected chi connectivity index (χ1v) is 7.98. The van der Waals surface area contributed by atoms with Gasteiger partial charge >= 0.3 is 12.0 Å². The maximum Gasteiger partial charge on any atom is 0.317 e. The number of rotatable bonds is 5. The number of carbonyl (C=O) groups excluding carboxylic acids is 1. The molecule has 2 aliphatic rings. The van der Waals surface area contributed by atoms with Gasteiger partial charge < -0.3 is 20.2 Å². The van der Waals surface area contributed by atoms with Gasteiger partial charge in [0.2, 0.25) is 0 Å². The molecule has 0 radical (unpaired) electrons. The van der Waals surface area contributed by atoms with Crippen LogP contribution in [-0.2, 0) is 4.79 Å². The molecule has 2 aliphatic heterocycles. The van der Waals surface area contributed by atoms with Gasteiger partial charge in [0.25, 0.3) is 0 Å². The average molecular weight is 297 g/mol. The average Bonchev–Trinajstić information content (AvgIpc) is 2.37. The van der Waals surface area contributed by atoms with E-state index in [0.717, 1.165) is 19.6 Å². The largest absolute Gasteiger partial charge is 0.481 e. The first-order valence-electron chi connectivity index (χ1n) is 7.98. The van der Waals surface area contributed by atoms with E-state index in [2.05, 4.69) is 10.2 Å². The van der Waals surface area contributed by atoms with Gasteiger partial charge in [-0.2, -0.15) is 0 Å². The molecule has 0 bridgehead atoms. The van der Waals surface area contributed by atoms with E-state index in [9.17, 15) is 9.59 Å². The molecular formula is C15H27N3O3. The van der Waals surface area contributed by atoms with E-state index < -0.39 is 5.97 Å². The molecule has 120 valence electrons. The topological polar surface area (TPSA) is 72.9 Å². The van der Waals surface area contributed by atoms with Crippen molar-refractivity contribution in [3.05, 3.63) is 0 Å². The molecule has 2 amide bonds. The van der Waals surface area contributed by atoms with Crippen molar-refractivity contribution >= 4 is 12.0 Å². The Bertz CT molecular complexity index is 376. The van der Waals surface area contributed by atoms with Crippen LogP contribution in [0, 0.1) is 11.8 Å². The van der Waals surface area contributed by atoms with E-state index >= 15 is 0 Å². The maximum atomic E-state index is 12.1. The van der Waals surface area contributed by atoms with E-state index in [0.29, 0.717) is 13.1 Å². The zero-order valence-electron chi connectivity index (χ0n) is 13.0. The molecule has 0 saturated carbocycles. The van der Waals surface area contributed by atoms with Crippen LogP contribution in [0.1, 0.15) is 33.1 Å². The second-order valence-electron chi connectivity index (χ2n) is 6.50. The number of nitrogens with zero attached hydrogens (tertiary/aromatic N) is 2. The number of carboxylic acid groups (broad SMARTS) is 1. The molecule has 2 atom stereocenters. The summed E-state index contributed by atoms with van der Waals surface area (Å²) in [6.45, 7) is 8.00. The zero-order chi connectivity index (χ0) is 15.4. The number of urea groups is 1. The first kappa shape index (κ1) is 16.1. The lowest BCUT2D eigenvalue weighted by atomic mass is 9.87. The first-order chi connectivity index (χ1) is 9.97. The number of likely N-dealkylation sites (tertiary alicyclic amines) is 2. The van der Waals surface area contributed by atoms with Gasteiger partial charge in [-0.1, -0.05) is 13.3 Å². The van der Waals surface area contributed by atoms with Crippen molar-refractivity contribution < 1.29 is 14.7 Å². The second kappa shape index (κ2) is 7.11. The van der Waals surface area contributed by atoms with Crippen molar-refractivity contribution in [1.29, 1.82) is 0 Å². The smallest absolute Gasteiger partial charge is 0.317 e. The van der Waals surface area contributed by atoms with E-state index in [-0.39, 0.29) is 23.9 Å². The number of aliphatic carboxylic acids is 1. The summed E-state index contributed by atoms with van der Waals surface area (Å²) in [5, 5.41) is 12.0. The minimum atomic E-state index is -0.779. The van der Waals surface area contributed by atoms with Gasteiger partial charge in [0.1, 0.15) is 0 Å². The quantitative estimate of drug-likeness (QED) is 0.800. The monoisotopic (exact) mass is 297 g/mol. The van der Waals surface area contributed by atoms with Gasteiger partial charge in [-0.25, -0.2) is 4.79 Å². The highest BCUT2D eigenvalue weighted by Gasteiger charge is 2.37. The minimum absolute atomic E-state index is 0.0617. The summed E-state index contributed by atoms with van der Waals surface area (Å²) in [6, 6.07) is 0.0693. The lowest BCUT2D eigenvalue weighted by Gasteiger charge is -2.41. The van der Waals surface area contributed by atoms with Gasteiger partial charge in [-0.05, 0) is 32.9 Å². The Balaban J connectivity index is 1.67. The van der Waals surface area contributed by atoms with Gasteiger partial charge in [-0.15, -0.1) is 0 Å². The van der Waals surface area contributed by atoms with E-state index in [1.165, 1.54) is 19.3 Å². The number of carbonyl (C=O) groups is 2. The highest BCUT2D eigenvalue weighted by Crippen LogP contribution is 2.24. The fourth-order valence-corrected chi connectivity index (χ4v) is 3.07. The number of hydrogen-bond acceptors (Lipinski definition) is 3. The molecule has 0 aromatic rings. The van der Waals surface area contributed by atoms with Crippen LogP contribution in [0.3, 0.4) is 0 Å². The molecule has 2 heterocycles. The Hall–Kier alpha value is -1.30. The summed E-state index contributed by atoms with van der Waals surface area (Å²) in [7, 11) is 0. The summed E-state index contributed by atoms with van der Waals surface area (Å²) in [5.74, 6) is -1.07. The van der Waals surface area contributed by atoms with Gasteiger partial charge in [0.05, 0.1) is 5.92 Å². The molecule has 2 unspecified atom stereocenters. The molecule has 0 aromatic heterocycles. The standard InChI is InChI=1S/C15H27N3O3/c1-11(8-17-6-4-3-5-7-17)16-15(21)18-9-13(10-18)12(2)14(19)20/h11-13H,3-10H2,1-2H3,(H,16,21)(H,19,20). The van der Waals surface area contributed by atoms with Gasteiger partial charge in [0.15, 0.2) is 0 Å². The Morgan fingerprint density at radius 3 is 2.38 bits per heavy atom. The maximum absolute atomic E-state index is 12.1. The molecule has 2 saturated heterocycles. The van der Waals surface area contributed by atoms with Crippen molar-refractivity contribution in [1.82, 2.24) is 15.1 Å². The molecule has 0 aromatic carbocycles. The Morgan fingerprint density at radius 1 is 1.19 bits per heavy atom. The van der Waals surface area contributed by atoms with Gasteiger partial charge in [0, 0.05) is 31.6 Å².